The highest BCUT2D eigenvalue weighted by Crippen LogP contribution is 2.20. The molecule has 1 atom stereocenters. The fourth-order valence-corrected chi connectivity index (χ4v) is 2.35. The van der Waals surface area contributed by atoms with E-state index in [9.17, 15) is 4.79 Å². The van der Waals surface area contributed by atoms with Crippen LogP contribution in [0.5, 0.6) is 0 Å². The van der Waals surface area contributed by atoms with Crippen LogP contribution in [0.4, 0.5) is 4.79 Å². The average Bonchev–Trinajstić information content (AvgIpc) is 2.96. The predicted molar refractivity (Wildman–Crippen MR) is 90.2 cm³/mol. The van der Waals surface area contributed by atoms with Crippen LogP contribution in [-0.4, -0.2) is 48.0 Å². The molecule has 0 spiro atoms. The van der Waals surface area contributed by atoms with E-state index in [0.717, 1.165) is 24.9 Å². The van der Waals surface area contributed by atoms with Gasteiger partial charge in [0.1, 0.15) is 5.60 Å². The summed E-state index contributed by atoms with van der Waals surface area (Å²) in [6.45, 7) is 7.16. The molecule has 1 aromatic carbocycles. The molecule has 1 heterocycles. The van der Waals surface area contributed by atoms with Gasteiger partial charge in [0.25, 0.3) is 0 Å². The van der Waals surface area contributed by atoms with E-state index in [4.69, 9.17) is 14.6 Å². The van der Waals surface area contributed by atoms with Gasteiger partial charge in [-0.15, -0.1) is 0 Å². The molecule has 0 aliphatic carbocycles. The lowest BCUT2D eigenvalue weighted by Gasteiger charge is -2.28. The molecule has 1 amide bonds. The fourth-order valence-electron chi connectivity index (χ4n) is 2.35. The van der Waals surface area contributed by atoms with E-state index in [-0.39, 0.29) is 18.7 Å². The number of rotatable bonds is 3. The van der Waals surface area contributed by atoms with E-state index in [2.05, 4.69) is 0 Å². The highest BCUT2D eigenvalue weighted by molar-refractivity contribution is 5.68. The van der Waals surface area contributed by atoms with Crippen LogP contribution in [0.3, 0.4) is 0 Å². The van der Waals surface area contributed by atoms with E-state index < -0.39 is 5.60 Å². The van der Waals surface area contributed by atoms with Crippen LogP contribution in [0.15, 0.2) is 30.3 Å². The van der Waals surface area contributed by atoms with Gasteiger partial charge in [-0.05, 0) is 39.2 Å². The molecule has 0 bridgehead atoms. The Hall–Kier alpha value is -1.59. The molecule has 0 aromatic heterocycles. The Kier molecular flexibility index (Phi) is 8.06. The molecular formula is C18H29NO4. The summed E-state index contributed by atoms with van der Waals surface area (Å²) in [4.78, 5) is 13.6. The Balaban J connectivity index is 0.000000277. The zero-order valence-corrected chi connectivity index (χ0v) is 14.6. The van der Waals surface area contributed by atoms with E-state index in [1.165, 1.54) is 0 Å². The third-order valence-electron chi connectivity index (χ3n) is 3.39. The standard InChI is InChI=1S/C11H21NO3.C7H8O/c1-11(2,3)15-10(13)12-7-5-6-9(12)8-14-4;8-6-7-4-2-1-3-5-7/h9H,5-8H2,1-4H3;1-5,8H,6H2/t9-;/m0./s1. The van der Waals surface area contributed by atoms with E-state index in [0.29, 0.717) is 6.61 Å². The molecule has 0 radical (unpaired) electrons. The summed E-state index contributed by atoms with van der Waals surface area (Å²) < 4.78 is 10.4. The first kappa shape index (κ1) is 19.5. The first-order chi connectivity index (χ1) is 10.9. The van der Waals surface area contributed by atoms with Crippen LogP contribution < -0.4 is 0 Å². The van der Waals surface area contributed by atoms with Crippen molar-refractivity contribution in [2.45, 2.75) is 51.9 Å². The maximum atomic E-state index is 11.8. The second-order valence-electron chi connectivity index (χ2n) is 6.57. The lowest BCUT2D eigenvalue weighted by molar-refractivity contribution is 0.0148. The van der Waals surface area contributed by atoms with Crippen LogP contribution in [0.25, 0.3) is 0 Å². The number of ether oxygens (including phenoxy) is 2. The summed E-state index contributed by atoms with van der Waals surface area (Å²) in [6.07, 6.45) is 1.82. The number of methoxy groups -OCH3 is 1. The summed E-state index contributed by atoms with van der Waals surface area (Å²) in [5.74, 6) is 0. The van der Waals surface area contributed by atoms with E-state index >= 15 is 0 Å². The van der Waals surface area contributed by atoms with Gasteiger partial charge >= 0.3 is 6.09 Å². The van der Waals surface area contributed by atoms with Crippen molar-refractivity contribution in [2.24, 2.45) is 0 Å². The Morgan fingerprint density at radius 1 is 1.30 bits per heavy atom. The molecular weight excluding hydrogens is 294 g/mol. The van der Waals surface area contributed by atoms with Gasteiger partial charge in [0.2, 0.25) is 0 Å². The maximum absolute atomic E-state index is 11.8. The molecule has 1 aliphatic heterocycles. The summed E-state index contributed by atoms with van der Waals surface area (Å²) in [6, 6.07) is 9.71. The molecule has 2 rings (SSSR count). The van der Waals surface area contributed by atoms with Crippen molar-refractivity contribution in [3.8, 4) is 0 Å². The zero-order valence-electron chi connectivity index (χ0n) is 14.6. The summed E-state index contributed by atoms with van der Waals surface area (Å²) in [5.41, 5.74) is 0.546. The van der Waals surface area contributed by atoms with Crippen LogP contribution >= 0.6 is 0 Å². The number of hydrogen-bond donors (Lipinski definition) is 1. The smallest absolute Gasteiger partial charge is 0.410 e. The third kappa shape index (κ3) is 7.48. The molecule has 5 heteroatoms. The van der Waals surface area contributed by atoms with Gasteiger partial charge in [-0.1, -0.05) is 30.3 Å². The molecule has 0 saturated carbocycles. The Morgan fingerprint density at radius 2 is 1.96 bits per heavy atom. The number of nitrogens with zero attached hydrogens (tertiary/aromatic N) is 1. The van der Waals surface area contributed by atoms with Gasteiger partial charge in [0.05, 0.1) is 19.3 Å². The molecule has 1 N–H and O–H groups in total. The Morgan fingerprint density at radius 3 is 2.43 bits per heavy atom. The number of carbonyl (C=O) groups is 1. The van der Waals surface area contributed by atoms with Gasteiger partial charge in [-0.2, -0.15) is 0 Å². The SMILES string of the molecule is COC[C@@H]1CCCN1C(=O)OC(C)(C)C.OCc1ccccc1. The summed E-state index contributed by atoms with van der Waals surface area (Å²) in [7, 11) is 1.66. The predicted octanol–water partition coefficient (Wildman–Crippen LogP) is 3.21. The highest BCUT2D eigenvalue weighted by atomic mass is 16.6. The monoisotopic (exact) mass is 323 g/mol. The fraction of sp³-hybridized carbons (Fsp3) is 0.611. The largest absolute Gasteiger partial charge is 0.444 e. The quantitative estimate of drug-likeness (QED) is 0.928. The number of aliphatic hydroxyl groups excluding tert-OH is 1. The second-order valence-corrected chi connectivity index (χ2v) is 6.57. The molecule has 1 aliphatic rings. The van der Waals surface area contributed by atoms with E-state index in [1.54, 1.807) is 12.0 Å². The minimum absolute atomic E-state index is 0.140. The summed E-state index contributed by atoms with van der Waals surface area (Å²) >= 11 is 0. The average molecular weight is 323 g/mol. The number of amides is 1. The number of benzene rings is 1. The van der Waals surface area contributed by atoms with Crippen LogP contribution in [0.1, 0.15) is 39.2 Å². The van der Waals surface area contributed by atoms with Gasteiger partial charge in [-0.25, -0.2) is 4.79 Å². The topological polar surface area (TPSA) is 59.0 Å². The minimum Gasteiger partial charge on any atom is -0.444 e. The molecule has 0 unspecified atom stereocenters. The van der Waals surface area contributed by atoms with Crippen molar-refractivity contribution < 1.29 is 19.4 Å². The van der Waals surface area contributed by atoms with E-state index in [1.807, 2.05) is 51.1 Å². The number of carbonyl (C=O) groups excluding carboxylic acids is 1. The van der Waals surface area contributed by atoms with Crippen molar-refractivity contribution in [3.63, 3.8) is 0 Å². The molecule has 130 valence electrons. The maximum Gasteiger partial charge on any atom is 0.410 e. The highest BCUT2D eigenvalue weighted by Gasteiger charge is 2.31. The lowest BCUT2D eigenvalue weighted by Crippen LogP contribution is -2.41. The van der Waals surface area contributed by atoms with Crippen LogP contribution in [0, 0.1) is 0 Å². The lowest BCUT2D eigenvalue weighted by atomic mass is 10.2. The van der Waals surface area contributed by atoms with Crippen LogP contribution in [0.2, 0.25) is 0 Å². The minimum atomic E-state index is -0.419. The van der Waals surface area contributed by atoms with Gasteiger partial charge in [-0.3, -0.25) is 0 Å². The molecule has 5 nitrogen and oxygen atoms in total. The first-order valence-electron chi connectivity index (χ1n) is 8.00. The van der Waals surface area contributed by atoms with Gasteiger partial charge in [0, 0.05) is 13.7 Å². The van der Waals surface area contributed by atoms with Crippen molar-refractivity contribution in [3.05, 3.63) is 35.9 Å². The van der Waals surface area contributed by atoms with Crippen molar-refractivity contribution in [1.82, 2.24) is 4.90 Å². The normalized spacial score (nSPS) is 17.4. The van der Waals surface area contributed by atoms with Crippen molar-refractivity contribution in [1.29, 1.82) is 0 Å². The molecule has 1 aromatic rings. The van der Waals surface area contributed by atoms with Gasteiger partial charge in [0.15, 0.2) is 0 Å². The van der Waals surface area contributed by atoms with Gasteiger partial charge < -0.3 is 19.5 Å². The summed E-state index contributed by atoms with van der Waals surface area (Å²) in [5, 5.41) is 8.54. The van der Waals surface area contributed by atoms with Crippen molar-refractivity contribution in [2.75, 3.05) is 20.3 Å². The first-order valence-corrected chi connectivity index (χ1v) is 8.00. The zero-order chi connectivity index (χ0) is 17.3. The number of likely N-dealkylation sites (tertiary alicyclic amines) is 1. The Labute approximate surface area is 139 Å². The second kappa shape index (κ2) is 9.53. The number of hydrogen-bond acceptors (Lipinski definition) is 4. The molecule has 1 saturated heterocycles. The third-order valence-corrected chi connectivity index (χ3v) is 3.39. The Bertz CT molecular complexity index is 456. The molecule has 23 heavy (non-hydrogen) atoms. The number of aliphatic hydroxyl groups is 1. The van der Waals surface area contributed by atoms with Crippen molar-refractivity contribution >= 4 is 6.09 Å². The van der Waals surface area contributed by atoms with Crippen LogP contribution in [-0.2, 0) is 16.1 Å². The molecule has 1 fully saturated rings.